The van der Waals surface area contributed by atoms with Crippen molar-refractivity contribution < 1.29 is 18.9 Å². The number of anilines is 1. The van der Waals surface area contributed by atoms with Gasteiger partial charge in [-0.1, -0.05) is 91.0 Å². The maximum atomic E-state index is 14.7. The standard InChI is InChI=1S/C27H27NO4P2/c29-33(23-14-3-1-4-15-23,24-16-5-2-6-17-24)27-20-10-8-18-25(27)28-21-11-13-22-12-7-9-19-26(22)34(30,31)32/h1-10,12,14-20,28H,11,13,21H2,(H2,30,31,32). The highest BCUT2D eigenvalue weighted by Crippen LogP contribution is 2.44. The number of para-hydroxylation sites is 1. The first-order chi connectivity index (χ1) is 16.4. The molecule has 0 bridgehead atoms. The molecule has 4 aromatic rings. The van der Waals surface area contributed by atoms with E-state index in [1.165, 1.54) is 6.07 Å². The SMILES string of the molecule is O=P(O)(O)c1ccccc1CCCNc1ccccc1P(=O)(c1ccccc1)c1ccccc1. The van der Waals surface area contributed by atoms with E-state index in [4.69, 9.17) is 0 Å². The zero-order valence-corrected chi connectivity index (χ0v) is 20.4. The van der Waals surface area contributed by atoms with Crippen LogP contribution in [0.5, 0.6) is 0 Å². The maximum Gasteiger partial charge on any atom is 0.356 e. The number of rotatable bonds is 9. The van der Waals surface area contributed by atoms with Gasteiger partial charge in [0.15, 0.2) is 7.14 Å². The molecule has 0 radical (unpaired) electrons. The maximum absolute atomic E-state index is 14.7. The Bertz CT molecular complexity index is 1290. The van der Waals surface area contributed by atoms with Gasteiger partial charge in [-0.2, -0.15) is 0 Å². The molecule has 0 aliphatic rings. The molecule has 34 heavy (non-hydrogen) atoms. The van der Waals surface area contributed by atoms with Crippen LogP contribution in [-0.4, -0.2) is 16.3 Å². The largest absolute Gasteiger partial charge is 0.384 e. The van der Waals surface area contributed by atoms with Crippen molar-refractivity contribution in [1.29, 1.82) is 0 Å². The average molecular weight is 491 g/mol. The van der Waals surface area contributed by atoms with Gasteiger partial charge in [-0.15, -0.1) is 0 Å². The number of nitrogens with one attached hydrogen (secondary N) is 1. The first kappa shape index (κ1) is 24.2. The highest BCUT2D eigenvalue weighted by molar-refractivity contribution is 7.85. The molecule has 4 aromatic carbocycles. The highest BCUT2D eigenvalue weighted by Gasteiger charge is 2.31. The normalized spacial score (nSPS) is 11.8. The summed E-state index contributed by atoms with van der Waals surface area (Å²) >= 11 is 0. The Morgan fingerprint density at radius 3 is 1.71 bits per heavy atom. The molecule has 0 amide bonds. The van der Waals surface area contributed by atoms with Crippen LogP contribution >= 0.6 is 14.7 Å². The van der Waals surface area contributed by atoms with Gasteiger partial charge in [0.2, 0.25) is 0 Å². The molecule has 0 aliphatic carbocycles. The lowest BCUT2D eigenvalue weighted by Crippen LogP contribution is -2.27. The molecule has 4 rings (SSSR count). The van der Waals surface area contributed by atoms with Crippen LogP contribution in [-0.2, 0) is 15.6 Å². The summed E-state index contributed by atoms with van der Waals surface area (Å²) < 4.78 is 26.5. The summed E-state index contributed by atoms with van der Waals surface area (Å²) in [6.45, 7) is 0.566. The van der Waals surface area contributed by atoms with Crippen LogP contribution in [0.2, 0.25) is 0 Å². The average Bonchev–Trinajstić information content (AvgIpc) is 2.87. The molecule has 3 N–H and O–H groups in total. The fraction of sp³-hybridized carbons (Fsp3) is 0.111. The number of aryl methyl sites for hydroxylation is 1. The van der Waals surface area contributed by atoms with Crippen LogP contribution in [0.1, 0.15) is 12.0 Å². The van der Waals surface area contributed by atoms with Gasteiger partial charge in [0.1, 0.15) is 0 Å². The second-order valence-electron chi connectivity index (χ2n) is 8.00. The van der Waals surface area contributed by atoms with Crippen LogP contribution in [0.15, 0.2) is 109 Å². The predicted molar refractivity (Wildman–Crippen MR) is 141 cm³/mol. The summed E-state index contributed by atoms with van der Waals surface area (Å²) in [6.07, 6.45) is 1.18. The van der Waals surface area contributed by atoms with Crippen molar-refractivity contribution in [3.05, 3.63) is 115 Å². The van der Waals surface area contributed by atoms with Crippen LogP contribution in [0.4, 0.5) is 5.69 Å². The Labute approximate surface area is 200 Å². The summed E-state index contributed by atoms with van der Waals surface area (Å²) in [6, 6.07) is 33.4. The zero-order valence-electron chi connectivity index (χ0n) is 18.6. The lowest BCUT2D eigenvalue weighted by atomic mass is 10.1. The van der Waals surface area contributed by atoms with E-state index < -0.39 is 14.7 Å². The first-order valence-electron chi connectivity index (χ1n) is 11.1. The Kier molecular flexibility index (Phi) is 7.50. The van der Waals surface area contributed by atoms with Crippen LogP contribution in [0, 0.1) is 0 Å². The van der Waals surface area contributed by atoms with Gasteiger partial charge >= 0.3 is 7.60 Å². The van der Waals surface area contributed by atoms with Gasteiger partial charge in [0.05, 0.1) is 5.30 Å². The van der Waals surface area contributed by atoms with Crippen molar-refractivity contribution in [2.24, 2.45) is 0 Å². The topological polar surface area (TPSA) is 86.6 Å². The molecule has 0 aliphatic heterocycles. The Morgan fingerprint density at radius 1 is 0.618 bits per heavy atom. The zero-order chi connectivity index (χ0) is 24.0. The summed E-state index contributed by atoms with van der Waals surface area (Å²) in [4.78, 5) is 19.2. The molecule has 0 heterocycles. The van der Waals surface area contributed by atoms with Crippen LogP contribution in [0.3, 0.4) is 0 Å². The van der Waals surface area contributed by atoms with E-state index in [-0.39, 0.29) is 5.30 Å². The van der Waals surface area contributed by atoms with Gasteiger partial charge in [-0.25, -0.2) is 0 Å². The van der Waals surface area contributed by atoms with Crippen LogP contribution < -0.4 is 26.5 Å². The minimum atomic E-state index is -4.32. The van der Waals surface area contributed by atoms with E-state index >= 15 is 0 Å². The number of benzene rings is 4. The van der Waals surface area contributed by atoms with Gasteiger partial charge < -0.3 is 19.7 Å². The molecular weight excluding hydrogens is 464 g/mol. The molecule has 0 fully saturated rings. The second-order valence-corrected chi connectivity index (χ2v) is 12.3. The monoisotopic (exact) mass is 491 g/mol. The summed E-state index contributed by atoms with van der Waals surface area (Å²) in [5.41, 5.74) is 1.44. The quantitative estimate of drug-likeness (QED) is 0.242. The molecule has 0 saturated carbocycles. The van der Waals surface area contributed by atoms with Crippen molar-refractivity contribution in [3.8, 4) is 0 Å². The van der Waals surface area contributed by atoms with E-state index in [0.29, 0.717) is 24.9 Å². The smallest absolute Gasteiger partial charge is 0.356 e. The van der Waals surface area contributed by atoms with E-state index in [0.717, 1.165) is 21.6 Å². The summed E-state index contributed by atoms with van der Waals surface area (Å²) in [5, 5.41) is 5.78. The molecule has 0 atom stereocenters. The molecule has 0 aromatic heterocycles. The molecule has 174 valence electrons. The van der Waals surface area contributed by atoms with Crippen LogP contribution in [0.25, 0.3) is 0 Å². The van der Waals surface area contributed by atoms with E-state index in [1.54, 1.807) is 18.2 Å². The Hall–Kier alpha value is -2.94. The van der Waals surface area contributed by atoms with Gasteiger partial charge in [0.25, 0.3) is 0 Å². The van der Waals surface area contributed by atoms with Crippen molar-refractivity contribution in [1.82, 2.24) is 0 Å². The molecule has 5 nitrogen and oxygen atoms in total. The summed E-state index contributed by atoms with van der Waals surface area (Å²) in [5.74, 6) is 0. The molecule has 0 unspecified atom stereocenters. The number of hydrogen-bond acceptors (Lipinski definition) is 3. The minimum Gasteiger partial charge on any atom is -0.384 e. The van der Waals surface area contributed by atoms with Crippen molar-refractivity contribution >= 4 is 41.6 Å². The van der Waals surface area contributed by atoms with Crippen molar-refractivity contribution in [2.75, 3.05) is 11.9 Å². The summed E-state index contributed by atoms with van der Waals surface area (Å²) in [7, 11) is -7.43. The third kappa shape index (κ3) is 5.24. The van der Waals surface area contributed by atoms with E-state index in [9.17, 15) is 18.9 Å². The lowest BCUT2D eigenvalue weighted by Gasteiger charge is -2.23. The Morgan fingerprint density at radius 2 is 1.12 bits per heavy atom. The molecule has 7 heteroatoms. The Balaban J connectivity index is 1.60. The molecular formula is C27H27NO4P2. The molecule has 0 saturated heterocycles. The van der Waals surface area contributed by atoms with E-state index in [1.807, 2.05) is 84.9 Å². The highest BCUT2D eigenvalue weighted by atomic mass is 31.2. The van der Waals surface area contributed by atoms with E-state index in [2.05, 4.69) is 5.32 Å². The first-order valence-corrected chi connectivity index (χ1v) is 14.4. The van der Waals surface area contributed by atoms with Crippen molar-refractivity contribution in [2.45, 2.75) is 12.8 Å². The van der Waals surface area contributed by atoms with Crippen molar-refractivity contribution in [3.63, 3.8) is 0 Å². The second kappa shape index (κ2) is 10.5. The molecule has 0 spiro atoms. The minimum absolute atomic E-state index is 0.0769. The fourth-order valence-electron chi connectivity index (χ4n) is 4.11. The fourth-order valence-corrected chi connectivity index (χ4v) is 7.78. The predicted octanol–water partition coefficient (Wildman–Crippen LogP) is 4.17. The van der Waals surface area contributed by atoms with Gasteiger partial charge in [-0.3, -0.25) is 4.57 Å². The lowest BCUT2D eigenvalue weighted by molar-refractivity contribution is 0.387. The van der Waals surface area contributed by atoms with Gasteiger partial charge in [0, 0.05) is 28.1 Å². The third-order valence-corrected chi connectivity index (χ3v) is 9.91. The third-order valence-electron chi connectivity index (χ3n) is 5.73. The number of hydrogen-bond donors (Lipinski definition) is 3. The van der Waals surface area contributed by atoms with Gasteiger partial charge in [-0.05, 0) is 36.6 Å².